The predicted molar refractivity (Wildman–Crippen MR) is 113 cm³/mol. The zero-order chi connectivity index (χ0) is 20.1. The van der Waals surface area contributed by atoms with Crippen molar-refractivity contribution in [2.24, 2.45) is 5.92 Å². The maximum atomic E-state index is 5.94. The first kappa shape index (κ1) is 19.5. The fourth-order valence-electron chi connectivity index (χ4n) is 3.89. The highest BCUT2D eigenvalue weighted by molar-refractivity contribution is 5.58. The number of methoxy groups -OCH3 is 2. The highest BCUT2D eigenvalue weighted by atomic mass is 16.6. The Morgan fingerprint density at radius 1 is 1.00 bits per heavy atom. The molecule has 2 heterocycles. The van der Waals surface area contributed by atoms with Gasteiger partial charge in [0.15, 0.2) is 17.3 Å². The molecule has 0 unspecified atom stereocenters. The molecule has 2 aromatic carbocycles. The first-order valence-corrected chi connectivity index (χ1v) is 10.1. The van der Waals surface area contributed by atoms with Crippen LogP contribution in [0, 0.1) is 5.92 Å². The molecule has 0 atom stereocenters. The van der Waals surface area contributed by atoms with Crippen LogP contribution < -0.4 is 29.2 Å². The van der Waals surface area contributed by atoms with Crippen LogP contribution >= 0.6 is 0 Å². The van der Waals surface area contributed by atoms with Crippen LogP contribution in [-0.2, 0) is 0 Å². The summed E-state index contributed by atoms with van der Waals surface area (Å²) in [6.45, 7) is 3.69. The molecule has 0 radical (unpaired) electrons. The Labute approximate surface area is 172 Å². The molecule has 0 saturated carbocycles. The summed E-state index contributed by atoms with van der Waals surface area (Å²) in [5.74, 6) is 4.36. The minimum atomic E-state index is 0.627. The Morgan fingerprint density at radius 2 is 1.76 bits per heavy atom. The van der Waals surface area contributed by atoms with Gasteiger partial charge in [-0.05, 0) is 49.6 Å². The molecular weight excluding hydrogens is 368 g/mol. The SMILES string of the molecule is COc1ccccc1N1CCC(CNCC2=COc3c(OC)cccc3O2)CC1. The lowest BCUT2D eigenvalue weighted by Crippen LogP contribution is -2.38. The van der Waals surface area contributed by atoms with Crippen LogP contribution in [-0.4, -0.2) is 40.4 Å². The zero-order valence-electron chi connectivity index (χ0n) is 17.0. The van der Waals surface area contributed by atoms with Crippen LogP contribution in [0.15, 0.2) is 54.5 Å². The van der Waals surface area contributed by atoms with Crippen LogP contribution in [0.3, 0.4) is 0 Å². The fraction of sp³-hybridized carbons (Fsp3) is 0.391. The Bertz CT molecular complexity index is 860. The number of nitrogens with zero attached hydrogens (tertiary/aromatic N) is 1. The normalized spacial score (nSPS) is 16.3. The third-order valence-corrected chi connectivity index (χ3v) is 5.48. The van der Waals surface area contributed by atoms with Crippen molar-refractivity contribution in [1.29, 1.82) is 0 Å². The summed E-state index contributed by atoms with van der Waals surface area (Å²) in [4.78, 5) is 2.42. The van der Waals surface area contributed by atoms with E-state index >= 15 is 0 Å². The van der Waals surface area contributed by atoms with E-state index in [1.165, 1.54) is 5.69 Å². The predicted octanol–water partition coefficient (Wildman–Crippen LogP) is 3.82. The lowest BCUT2D eigenvalue weighted by atomic mass is 9.96. The molecule has 0 aliphatic carbocycles. The minimum absolute atomic E-state index is 0.627. The maximum absolute atomic E-state index is 5.94. The third kappa shape index (κ3) is 4.43. The minimum Gasteiger partial charge on any atom is -0.495 e. The van der Waals surface area contributed by atoms with E-state index in [9.17, 15) is 0 Å². The van der Waals surface area contributed by atoms with E-state index < -0.39 is 0 Å². The van der Waals surface area contributed by atoms with Crippen LogP contribution in [0.1, 0.15) is 12.8 Å². The van der Waals surface area contributed by atoms with Crippen LogP contribution in [0.5, 0.6) is 23.0 Å². The molecule has 29 heavy (non-hydrogen) atoms. The number of anilines is 1. The van der Waals surface area contributed by atoms with Crippen molar-refractivity contribution in [3.05, 3.63) is 54.5 Å². The van der Waals surface area contributed by atoms with E-state index in [1.54, 1.807) is 20.5 Å². The van der Waals surface area contributed by atoms with E-state index in [0.717, 1.165) is 44.0 Å². The Kier molecular flexibility index (Phi) is 6.10. The second kappa shape index (κ2) is 9.09. The Hall–Kier alpha value is -2.86. The summed E-state index contributed by atoms with van der Waals surface area (Å²) < 4.78 is 22.5. The number of ether oxygens (including phenoxy) is 4. The molecule has 1 fully saturated rings. The second-order valence-corrected chi connectivity index (χ2v) is 7.32. The van der Waals surface area contributed by atoms with Crippen LogP contribution in [0.4, 0.5) is 5.69 Å². The topological polar surface area (TPSA) is 52.2 Å². The van der Waals surface area contributed by atoms with Gasteiger partial charge in [-0.25, -0.2) is 0 Å². The second-order valence-electron chi connectivity index (χ2n) is 7.32. The lowest BCUT2D eigenvalue weighted by Gasteiger charge is -2.34. The first-order valence-electron chi connectivity index (χ1n) is 10.1. The first-order chi connectivity index (χ1) is 14.3. The number of hydrogen-bond donors (Lipinski definition) is 1. The average molecular weight is 396 g/mol. The molecule has 2 aliphatic rings. The summed E-state index contributed by atoms with van der Waals surface area (Å²) in [7, 11) is 3.36. The molecule has 6 heteroatoms. The van der Waals surface area contributed by atoms with Crippen molar-refractivity contribution in [3.8, 4) is 23.0 Å². The molecule has 0 amide bonds. The summed E-state index contributed by atoms with van der Waals surface area (Å²) in [6, 6.07) is 13.9. The quantitative estimate of drug-likeness (QED) is 0.768. The number of fused-ring (bicyclic) bond motifs is 1. The van der Waals surface area contributed by atoms with Gasteiger partial charge in [-0.3, -0.25) is 0 Å². The number of benzene rings is 2. The molecule has 2 aromatic rings. The molecule has 6 nitrogen and oxygen atoms in total. The summed E-state index contributed by atoms with van der Waals surface area (Å²) >= 11 is 0. The van der Waals surface area contributed by atoms with Gasteiger partial charge in [0.25, 0.3) is 0 Å². The van der Waals surface area contributed by atoms with Crippen LogP contribution in [0.2, 0.25) is 0 Å². The highest BCUT2D eigenvalue weighted by Gasteiger charge is 2.22. The van der Waals surface area contributed by atoms with Gasteiger partial charge in [0, 0.05) is 13.1 Å². The molecule has 0 aromatic heterocycles. The van der Waals surface area contributed by atoms with Crippen molar-refractivity contribution >= 4 is 5.69 Å². The lowest BCUT2D eigenvalue weighted by molar-refractivity contribution is 0.293. The summed E-state index contributed by atoms with van der Waals surface area (Å²) in [6.07, 6.45) is 3.96. The van der Waals surface area contributed by atoms with Gasteiger partial charge in [-0.1, -0.05) is 18.2 Å². The van der Waals surface area contributed by atoms with Gasteiger partial charge >= 0.3 is 0 Å². The highest BCUT2D eigenvalue weighted by Crippen LogP contribution is 2.40. The largest absolute Gasteiger partial charge is 0.495 e. The fourth-order valence-corrected chi connectivity index (χ4v) is 3.89. The summed E-state index contributed by atoms with van der Waals surface area (Å²) in [5, 5.41) is 3.51. The molecule has 0 bridgehead atoms. The number of hydrogen-bond acceptors (Lipinski definition) is 6. The third-order valence-electron chi connectivity index (χ3n) is 5.48. The van der Waals surface area contributed by atoms with Crippen molar-refractivity contribution < 1.29 is 18.9 Å². The van der Waals surface area contributed by atoms with E-state index in [-0.39, 0.29) is 0 Å². The number of rotatable bonds is 7. The number of nitrogens with one attached hydrogen (secondary N) is 1. The van der Waals surface area contributed by atoms with Gasteiger partial charge < -0.3 is 29.2 Å². The van der Waals surface area contributed by atoms with Gasteiger partial charge in [0.05, 0.1) is 26.5 Å². The smallest absolute Gasteiger partial charge is 0.210 e. The standard InChI is InChI=1S/C23H28N2O4/c1-26-20-7-4-3-6-19(20)25-12-10-17(11-13-25)14-24-15-18-16-28-23-21(27-2)8-5-9-22(23)29-18/h3-9,16-17,24H,10-15H2,1-2H3. The molecular formula is C23H28N2O4. The van der Waals surface area contributed by atoms with Gasteiger partial charge in [0.2, 0.25) is 5.75 Å². The van der Waals surface area contributed by atoms with E-state index in [1.807, 2.05) is 30.3 Å². The summed E-state index contributed by atoms with van der Waals surface area (Å²) in [5.41, 5.74) is 1.19. The van der Waals surface area contributed by atoms with Crippen molar-refractivity contribution in [2.45, 2.75) is 12.8 Å². The van der Waals surface area contributed by atoms with E-state index in [4.69, 9.17) is 18.9 Å². The molecule has 154 valence electrons. The molecule has 4 rings (SSSR count). The molecule has 1 saturated heterocycles. The molecule has 1 N–H and O–H groups in total. The average Bonchev–Trinajstić information content (AvgIpc) is 2.79. The number of para-hydroxylation sites is 3. The maximum Gasteiger partial charge on any atom is 0.210 e. The van der Waals surface area contributed by atoms with Gasteiger partial charge in [0.1, 0.15) is 12.0 Å². The molecule has 2 aliphatic heterocycles. The van der Waals surface area contributed by atoms with E-state index in [2.05, 4.69) is 22.3 Å². The molecule has 0 spiro atoms. The van der Waals surface area contributed by atoms with Gasteiger partial charge in [-0.15, -0.1) is 0 Å². The van der Waals surface area contributed by atoms with Crippen molar-refractivity contribution in [3.63, 3.8) is 0 Å². The van der Waals surface area contributed by atoms with Crippen molar-refractivity contribution in [1.82, 2.24) is 5.32 Å². The Balaban J connectivity index is 1.23. The van der Waals surface area contributed by atoms with Gasteiger partial charge in [-0.2, -0.15) is 0 Å². The van der Waals surface area contributed by atoms with E-state index in [0.29, 0.717) is 29.7 Å². The Morgan fingerprint density at radius 3 is 2.55 bits per heavy atom. The van der Waals surface area contributed by atoms with Crippen molar-refractivity contribution in [2.75, 3.05) is 45.3 Å². The number of piperidine rings is 1. The van der Waals surface area contributed by atoms with Crippen LogP contribution in [0.25, 0.3) is 0 Å². The monoisotopic (exact) mass is 396 g/mol. The zero-order valence-corrected chi connectivity index (χ0v) is 17.0.